The number of carboxylic acid groups (broad SMARTS) is 1. The summed E-state index contributed by atoms with van der Waals surface area (Å²) in [5.41, 5.74) is 1.21. The fourth-order valence-electron chi connectivity index (χ4n) is 4.74. The minimum Gasteiger partial charge on any atom is -0.481 e. The van der Waals surface area contributed by atoms with Crippen LogP contribution in [0.1, 0.15) is 56.9 Å². The van der Waals surface area contributed by atoms with Gasteiger partial charge in [0, 0.05) is 0 Å². The number of aliphatic carboxylic acids is 1. The lowest BCUT2D eigenvalue weighted by atomic mass is 9.73. The molecule has 0 unspecified atom stereocenters. The van der Waals surface area contributed by atoms with Crippen LogP contribution in [0.4, 0.5) is 0 Å². The van der Waals surface area contributed by atoms with Gasteiger partial charge < -0.3 is 20.1 Å². The van der Waals surface area contributed by atoms with E-state index in [1.807, 2.05) is 6.07 Å². The van der Waals surface area contributed by atoms with Crippen LogP contribution in [-0.4, -0.2) is 45.2 Å². The summed E-state index contributed by atoms with van der Waals surface area (Å²) in [5, 5.41) is 28.6. The number of ether oxygens (including phenoxy) is 1. The summed E-state index contributed by atoms with van der Waals surface area (Å²) >= 11 is 0. The van der Waals surface area contributed by atoms with Gasteiger partial charge in [0.2, 0.25) is 0 Å². The maximum atomic E-state index is 10.6. The van der Waals surface area contributed by atoms with Gasteiger partial charge in [0.15, 0.2) is 0 Å². The van der Waals surface area contributed by atoms with E-state index in [0.717, 1.165) is 38.5 Å². The lowest BCUT2D eigenvalue weighted by Gasteiger charge is -2.34. The SMILES string of the molecule is O=C(O)C[C@H](O)C[C@H](O)CC[C@]12CC[C@@H](C[C@H]1CCc1ccccc1)O2. The Labute approximate surface area is 155 Å². The Bertz CT molecular complexity index is 589. The largest absolute Gasteiger partial charge is 0.481 e. The molecule has 2 aliphatic heterocycles. The number of rotatable bonds is 10. The van der Waals surface area contributed by atoms with Crippen LogP contribution in [0.15, 0.2) is 30.3 Å². The van der Waals surface area contributed by atoms with Crippen LogP contribution in [0, 0.1) is 5.92 Å². The molecule has 1 aromatic rings. The molecular weight excluding hydrogens is 332 g/mol. The molecule has 26 heavy (non-hydrogen) atoms. The lowest BCUT2D eigenvalue weighted by molar-refractivity contribution is -0.139. The van der Waals surface area contributed by atoms with Crippen molar-refractivity contribution in [3.8, 4) is 0 Å². The van der Waals surface area contributed by atoms with Gasteiger partial charge in [0.05, 0.1) is 30.3 Å². The minimum atomic E-state index is -1.04. The van der Waals surface area contributed by atoms with E-state index in [4.69, 9.17) is 9.84 Å². The molecule has 2 fully saturated rings. The Morgan fingerprint density at radius 1 is 1.23 bits per heavy atom. The van der Waals surface area contributed by atoms with Crippen molar-refractivity contribution in [3.63, 3.8) is 0 Å². The van der Waals surface area contributed by atoms with Gasteiger partial charge in [0.1, 0.15) is 0 Å². The van der Waals surface area contributed by atoms with Gasteiger partial charge >= 0.3 is 5.97 Å². The average Bonchev–Trinajstić information content (AvgIpc) is 3.17. The van der Waals surface area contributed by atoms with Crippen molar-refractivity contribution >= 4 is 5.97 Å². The molecule has 0 spiro atoms. The number of aliphatic hydroxyl groups is 2. The van der Waals surface area contributed by atoms with Gasteiger partial charge in [-0.15, -0.1) is 0 Å². The van der Waals surface area contributed by atoms with Crippen molar-refractivity contribution in [2.24, 2.45) is 5.92 Å². The quantitative estimate of drug-likeness (QED) is 0.596. The highest BCUT2D eigenvalue weighted by Gasteiger charge is 2.52. The normalized spacial score (nSPS) is 29.6. The van der Waals surface area contributed by atoms with E-state index in [0.29, 0.717) is 18.4 Å². The summed E-state index contributed by atoms with van der Waals surface area (Å²) < 4.78 is 6.31. The third-order valence-corrected chi connectivity index (χ3v) is 6.06. The van der Waals surface area contributed by atoms with Gasteiger partial charge in [-0.05, 0) is 62.8 Å². The molecule has 0 saturated carbocycles. The molecular formula is C21H30O5. The molecule has 0 aromatic heterocycles. The first kappa shape index (κ1) is 19.3. The van der Waals surface area contributed by atoms with Crippen LogP contribution in [0.3, 0.4) is 0 Å². The zero-order valence-corrected chi connectivity index (χ0v) is 15.2. The van der Waals surface area contributed by atoms with E-state index >= 15 is 0 Å². The molecule has 2 aliphatic rings. The Hall–Kier alpha value is -1.43. The molecule has 0 aliphatic carbocycles. The van der Waals surface area contributed by atoms with E-state index < -0.39 is 18.2 Å². The lowest BCUT2D eigenvalue weighted by Crippen LogP contribution is -2.35. The van der Waals surface area contributed by atoms with Crippen LogP contribution in [0.25, 0.3) is 0 Å². The molecule has 5 atom stereocenters. The summed E-state index contributed by atoms with van der Waals surface area (Å²) in [7, 11) is 0. The summed E-state index contributed by atoms with van der Waals surface area (Å²) in [5.74, 6) is -0.528. The first-order chi connectivity index (χ1) is 12.5. The summed E-state index contributed by atoms with van der Waals surface area (Å²) in [4.78, 5) is 10.6. The van der Waals surface area contributed by atoms with E-state index in [1.165, 1.54) is 5.56 Å². The molecule has 5 nitrogen and oxygen atoms in total. The number of aryl methyl sites for hydroxylation is 1. The number of carboxylic acids is 1. The van der Waals surface area contributed by atoms with Crippen molar-refractivity contribution in [1.82, 2.24) is 0 Å². The van der Waals surface area contributed by atoms with Crippen LogP contribution < -0.4 is 0 Å². The Morgan fingerprint density at radius 3 is 2.69 bits per heavy atom. The molecule has 0 radical (unpaired) electrons. The molecule has 0 amide bonds. The Balaban J connectivity index is 1.50. The van der Waals surface area contributed by atoms with Crippen LogP contribution in [0.2, 0.25) is 0 Å². The molecule has 5 heteroatoms. The highest BCUT2D eigenvalue weighted by Crippen LogP contribution is 2.52. The monoisotopic (exact) mass is 362 g/mol. The summed E-state index contributed by atoms with van der Waals surface area (Å²) in [6.07, 6.45) is 5.18. The van der Waals surface area contributed by atoms with Crippen molar-refractivity contribution < 1.29 is 24.9 Å². The van der Waals surface area contributed by atoms with Gasteiger partial charge in [0.25, 0.3) is 0 Å². The molecule has 2 bridgehead atoms. The molecule has 2 saturated heterocycles. The van der Waals surface area contributed by atoms with Crippen molar-refractivity contribution in [2.75, 3.05) is 0 Å². The number of aliphatic hydroxyl groups excluding tert-OH is 2. The topological polar surface area (TPSA) is 87.0 Å². The smallest absolute Gasteiger partial charge is 0.305 e. The van der Waals surface area contributed by atoms with Gasteiger partial charge in [-0.25, -0.2) is 0 Å². The van der Waals surface area contributed by atoms with E-state index in [9.17, 15) is 15.0 Å². The maximum absolute atomic E-state index is 10.6. The number of hydrogen-bond acceptors (Lipinski definition) is 4. The van der Waals surface area contributed by atoms with Crippen LogP contribution in [-0.2, 0) is 16.0 Å². The highest BCUT2D eigenvalue weighted by atomic mass is 16.5. The van der Waals surface area contributed by atoms with E-state index in [-0.39, 0.29) is 18.4 Å². The second-order valence-electron chi connectivity index (χ2n) is 7.98. The Morgan fingerprint density at radius 2 is 2.00 bits per heavy atom. The maximum Gasteiger partial charge on any atom is 0.305 e. The third kappa shape index (κ3) is 4.84. The van der Waals surface area contributed by atoms with Gasteiger partial charge in [-0.2, -0.15) is 0 Å². The number of benzene rings is 1. The molecule has 2 heterocycles. The van der Waals surface area contributed by atoms with Gasteiger partial charge in [-0.1, -0.05) is 30.3 Å². The second kappa shape index (κ2) is 8.51. The van der Waals surface area contributed by atoms with Crippen molar-refractivity contribution in [3.05, 3.63) is 35.9 Å². The second-order valence-corrected chi connectivity index (χ2v) is 7.98. The Kier molecular flexibility index (Phi) is 6.33. The molecule has 3 rings (SSSR count). The molecule has 144 valence electrons. The average molecular weight is 362 g/mol. The minimum absolute atomic E-state index is 0.112. The molecule has 1 aromatic carbocycles. The summed E-state index contributed by atoms with van der Waals surface area (Å²) in [6.45, 7) is 0. The number of carbonyl (C=O) groups is 1. The van der Waals surface area contributed by atoms with Crippen LogP contribution >= 0.6 is 0 Å². The van der Waals surface area contributed by atoms with E-state index in [1.54, 1.807) is 0 Å². The predicted octanol–water partition coefficient (Wildman–Crippen LogP) is 2.92. The first-order valence-corrected chi connectivity index (χ1v) is 9.76. The molecule has 3 N–H and O–H groups in total. The summed E-state index contributed by atoms with van der Waals surface area (Å²) in [6, 6.07) is 10.5. The van der Waals surface area contributed by atoms with Crippen molar-refractivity contribution in [1.29, 1.82) is 0 Å². The highest BCUT2D eigenvalue weighted by molar-refractivity contribution is 5.67. The zero-order chi connectivity index (χ0) is 18.6. The fourth-order valence-corrected chi connectivity index (χ4v) is 4.74. The number of fused-ring (bicyclic) bond motifs is 2. The number of hydrogen-bond donors (Lipinski definition) is 3. The van der Waals surface area contributed by atoms with Crippen molar-refractivity contribution in [2.45, 2.75) is 81.7 Å². The first-order valence-electron chi connectivity index (χ1n) is 9.76. The van der Waals surface area contributed by atoms with E-state index in [2.05, 4.69) is 24.3 Å². The predicted molar refractivity (Wildman–Crippen MR) is 97.8 cm³/mol. The van der Waals surface area contributed by atoms with Gasteiger partial charge in [-0.3, -0.25) is 4.79 Å². The third-order valence-electron chi connectivity index (χ3n) is 6.06. The zero-order valence-electron chi connectivity index (χ0n) is 15.2. The standard InChI is InChI=1S/C21H30O5/c22-17(13-18(23)14-20(24)25)8-10-21-11-9-19(26-21)12-16(21)7-6-15-4-2-1-3-5-15/h1-5,16-19,22-23H,6-14H2,(H,24,25)/t16-,17-,18-,19+,21+/m1/s1. The fraction of sp³-hybridized carbons (Fsp3) is 0.667. The van der Waals surface area contributed by atoms with Crippen LogP contribution in [0.5, 0.6) is 0 Å².